The van der Waals surface area contributed by atoms with Gasteiger partial charge in [0.15, 0.2) is 0 Å². The van der Waals surface area contributed by atoms with E-state index in [1.807, 2.05) is 62.4 Å². The molecule has 1 aliphatic heterocycles. The molecule has 0 bridgehead atoms. The number of non-ortho nitro benzene ring substituents is 1. The van der Waals surface area contributed by atoms with Crippen molar-refractivity contribution in [3.63, 3.8) is 0 Å². The fourth-order valence-corrected chi connectivity index (χ4v) is 3.48. The molecule has 1 unspecified atom stereocenters. The molecule has 3 aromatic rings. The van der Waals surface area contributed by atoms with Crippen LogP contribution in [0, 0.1) is 17.0 Å². The van der Waals surface area contributed by atoms with E-state index in [1.165, 1.54) is 34.8 Å². The van der Waals surface area contributed by atoms with Gasteiger partial charge >= 0.3 is 0 Å². The van der Waals surface area contributed by atoms with Crippen molar-refractivity contribution < 1.29 is 9.72 Å². The van der Waals surface area contributed by atoms with E-state index in [0.717, 1.165) is 16.9 Å². The van der Waals surface area contributed by atoms with Crippen LogP contribution in [0.3, 0.4) is 0 Å². The van der Waals surface area contributed by atoms with Crippen LogP contribution in [0.2, 0.25) is 0 Å². The third-order valence-corrected chi connectivity index (χ3v) is 5.04. The number of hydrazone groups is 1. The highest BCUT2D eigenvalue weighted by Gasteiger charge is 2.37. The lowest BCUT2D eigenvalue weighted by Crippen LogP contribution is -2.26. The molecular formula is C23H20N4O3. The summed E-state index contributed by atoms with van der Waals surface area (Å²) >= 11 is 0. The van der Waals surface area contributed by atoms with Crippen LogP contribution < -0.4 is 10.3 Å². The van der Waals surface area contributed by atoms with E-state index < -0.39 is 10.8 Å². The Hall–Kier alpha value is -4.00. The Kier molecular flexibility index (Phi) is 5.02. The van der Waals surface area contributed by atoms with Crippen LogP contribution in [-0.4, -0.2) is 16.5 Å². The number of hydrogen-bond acceptors (Lipinski definition) is 5. The highest BCUT2D eigenvalue weighted by molar-refractivity contribution is 6.19. The summed E-state index contributed by atoms with van der Waals surface area (Å²) in [5.41, 5.74) is 4.89. The fourth-order valence-electron chi connectivity index (χ4n) is 3.48. The molecule has 7 nitrogen and oxygen atoms in total. The van der Waals surface area contributed by atoms with Crippen molar-refractivity contribution in [1.82, 2.24) is 0 Å². The molecule has 30 heavy (non-hydrogen) atoms. The number of benzene rings is 3. The van der Waals surface area contributed by atoms with Gasteiger partial charge in [0.1, 0.15) is 5.92 Å². The van der Waals surface area contributed by atoms with Gasteiger partial charge in [0.25, 0.3) is 11.6 Å². The van der Waals surface area contributed by atoms with Gasteiger partial charge in [-0.1, -0.05) is 35.9 Å². The zero-order valence-electron chi connectivity index (χ0n) is 16.6. The largest absolute Gasteiger partial charge is 0.355 e. The highest BCUT2D eigenvalue weighted by Crippen LogP contribution is 2.35. The first kappa shape index (κ1) is 19.3. The molecule has 1 aliphatic rings. The van der Waals surface area contributed by atoms with Gasteiger partial charge in [0.2, 0.25) is 0 Å². The Morgan fingerprint density at radius 2 is 1.63 bits per heavy atom. The summed E-state index contributed by atoms with van der Waals surface area (Å²) in [6.45, 7) is 3.85. The molecule has 0 saturated heterocycles. The average Bonchev–Trinajstić information content (AvgIpc) is 3.04. The maximum Gasteiger partial charge on any atom is 0.269 e. The van der Waals surface area contributed by atoms with E-state index in [-0.39, 0.29) is 11.6 Å². The molecule has 7 heteroatoms. The monoisotopic (exact) mass is 400 g/mol. The minimum absolute atomic E-state index is 0.0321. The van der Waals surface area contributed by atoms with Crippen molar-refractivity contribution in [2.75, 3.05) is 10.3 Å². The van der Waals surface area contributed by atoms with Crippen molar-refractivity contribution in [3.05, 3.63) is 94.0 Å². The van der Waals surface area contributed by atoms with Crippen molar-refractivity contribution in [1.29, 1.82) is 0 Å². The second-order valence-corrected chi connectivity index (χ2v) is 7.18. The van der Waals surface area contributed by atoms with Gasteiger partial charge in [-0.25, -0.2) is 0 Å². The number of nitro benzene ring substituents is 1. The summed E-state index contributed by atoms with van der Waals surface area (Å²) in [6, 6.07) is 21.5. The van der Waals surface area contributed by atoms with Crippen LogP contribution >= 0.6 is 0 Å². The molecular weight excluding hydrogens is 380 g/mol. The predicted molar refractivity (Wildman–Crippen MR) is 117 cm³/mol. The smallest absolute Gasteiger partial charge is 0.269 e. The van der Waals surface area contributed by atoms with Crippen LogP contribution in [0.5, 0.6) is 0 Å². The standard InChI is InChI=1S/C23H20N4O3/c1-15-7-9-17(10-8-15)24-21-6-4-3-5-20(21)22-16(2)25-26(23(22)28)18-11-13-19(14-12-18)27(29)30/h3-14,22,24H,1-2H3. The number of nitrogens with zero attached hydrogens (tertiary/aromatic N) is 3. The molecule has 0 saturated carbocycles. The van der Waals surface area contributed by atoms with Gasteiger partial charge in [-0.3, -0.25) is 14.9 Å². The molecule has 0 aliphatic carbocycles. The molecule has 1 amide bonds. The van der Waals surface area contributed by atoms with Gasteiger partial charge < -0.3 is 5.32 Å². The SMILES string of the molecule is CC1=NN(c2ccc([N+](=O)[O-])cc2)C(=O)C1c1ccccc1Nc1ccc(C)cc1. The van der Waals surface area contributed by atoms with Crippen LogP contribution in [0.25, 0.3) is 0 Å². The Bertz CT molecular complexity index is 1140. The Morgan fingerprint density at radius 1 is 0.967 bits per heavy atom. The maximum absolute atomic E-state index is 13.2. The molecule has 4 rings (SSSR count). The van der Waals surface area contributed by atoms with Crippen molar-refractivity contribution >= 4 is 34.4 Å². The third kappa shape index (κ3) is 3.65. The molecule has 0 radical (unpaired) electrons. The zero-order valence-corrected chi connectivity index (χ0v) is 16.6. The summed E-state index contributed by atoms with van der Waals surface area (Å²) in [5.74, 6) is -0.728. The lowest BCUT2D eigenvalue weighted by Gasteiger charge is -2.18. The predicted octanol–water partition coefficient (Wildman–Crippen LogP) is 5.15. The van der Waals surface area contributed by atoms with Crippen LogP contribution in [0.1, 0.15) is 24.0 Å². The van der Waals surface area contributed by atoms with Gasteiger partial charge in [-0.05, 0) is 49.7 Å². The maximum atomic E-state index is 13.2. The van der Waals surface area contributed by atoms with E-state index in [2.05, 4.69) is 10.4 Å². The molecule has 150 valence electrons. The Balaban J connectivity index is 1.63. The first-order valence-electron chi connectivity index (χ1n) is 9.50. The Morgan fingerprint density at radius 3 is 2.30 bits per heavy atom. The fraction of sp³-hybridized carbons (Fsp3) is 0.130. The number of carbonyl (C=O) groups excluding carboxylic acids is 1. The van der Waals surface area contributed by atoms with Gasteiger partial charge in [-0.2, -0.15) is 10.1 Å². The lowest BCUT2D eigenvalue weighted by molar-refractivity contribution is -0.384. The van der Waals surface area contributed by atoms with Crippen molar-refractivity contribution in [3.8, 4) is 0 Å². The number of nitrogens with one attached hydrogen (secondary N) is 1. The number of aryl methyl sites for hydroxylation is 1. The highest BCUT2D eigenvalue weighted by atomic mass is 16.6. The molecule has 0 aromatic heterocycles. The van der Waals surface area contributed by atoms with E-state index in [4.69, 9.17) is 0 Å². The summed E-state index contributed by atoms with van der Waals surface area (Å²) in [7, 11) is 0. The van der Waals surface area contributed by atoms with Crippen LogP contribution in [0.4, 0.5) is 22.7 Å². The minimum atomic E-state index is -0.533. The number of nitro groups is 1. The second kappa shape index (κ2) is 7.79. The topological polar surface area (TPSA) is 87.8 Å². The number of anilines is 3. The zero-order chi connectivity index (χ0) is 21.3. The lowest BCUT2D eigenvalue weighted by atomic mass is 9.93. The van der Waals surface area contributed by atoms with E-state index >= 15 is 0 Å². The van der Waals surface area contributed by atoms with Gasteiger partial charge in [-0.15, -0.1) is 0 Å². The molecule has 1 heterocycles. The summed E-state index contributed by atoms with van der Waals surface area (Å²) in [4.78, 5) is 23.6. The van der Waals surface area contributed by atoms with Crippen molar-refractivity contribution in [2.24, 2.45) is 5.10 Å². The minimum Gasteiger partial charge on any atom is -0.355 e. The van der Waals surface area contributed by atoms with Crippen LogP contribution in [-0.2, 0) is 4.79 Å². The normalized spacial score (nSPS) is 15.8. The number of carbonyl (C=O) groups is 1. The Labute approximate surface area is 173 Å². The summed E-state index contributed by atoms with van der Waals surface area (Å²) < 4.78 is 0. The van der Waals surface area contributed by atoms with E-state index in [0.29, 0.717) is 11.4 Å². The average molecular weight is 400 g/mol. The molecule has 1 atom stereocenters. The van der Waals surface area contributed by atoms with E-state index in [9.17, 15) is 14.9 Å². The number of para-hydroxylation sites is 1. The van der Waals surface area contributed by atoms with E-state index in [1.54, 1.807) is 0 Å². The molecule has 1 N–H and O–H groups in total. The second-order valence-electron chi connectivity index (χ2n) is 7.18. The molecule has 0 fully saturated rings. The number of amides is 1. The quantitative estimate of drug-likeness (QED) is 0.474. The molecule has 3 aromatic carbocycles. The summed E-state index contributed by atoms with van der Waals surface area (Å²) in [6.07, 6.45) is 0. The van der Waals surface area contributed by atoms with Crippen LogP contribution in [0.15, 0.2) is 77.9 Å². The molecule has 0 spiro atoms. The first-order valence-corrected chi connectivity index (χ1v) is 9.50. The van der Waals surface area contributed by atoms with Crippen molar-refractivity contribution in [2.45, 2.75) is 19.8 Å². The van der Waals surface area contributed by atoms with Gasteiger partial charge in [0.05, 0.1) is 16.3 Å². The van der Waals surface area contributed by atoms with Gasteiger partial charge in [0, 0.05) is 23.5 Å². The third-order valence-electron chi connectivity index (χ3n) is 5.04. The number of hydrogen-bond donors (Lipinski definition) is 1. The number of rotatable bonds is 5. The first-order chi connectivity index (χ1) is 14.4. The summed E-state index contributed by atoms with van der Waals surface area (Å²) in [5, 5.41) is 20.0.